The van der Waals surface area contributed by atoms with Gasteiger partial charge in [-0.3, -0.25) is 0 Å². The van der Waals surface area contributed by atoms with Crippen molar-refractivity contribution < 1.29 is 8.42 Å². The highest BCUT2D eigenvalue weighted by molar-refractivity contribution is 7.91. The van der Waals surface area contributed by atoms with E-state index in [0.717, 1.165) is 18.8 Å². The van der Waals surface area contributed by atoms with E-state index in [1.54, 1.807) is 12.1 Å². The van der Waals surface area contributed by atoms with Crippen LogP contribution >= 0.6 is 0 Å². The lowest BCUT2D eigenvalue weighted by atomic mass is 10.1. The van der Waals surface area contributed by atoms with Gasteiger partial charge in [-0.15, -0.1) is 0 Å². The molecule has 1 fully saturated rings. The summed E-state index contributed by atoms with van der Waals surface area (Å²) < 4.78 is 24.2. The summed E-state index contributed by atoms with van der Waals surface area (Å²) in [5.74, 6) is 0.203. The largest absolute Gasteiger partial charge is 0.379 e. The van der Waals surface area contributed by atoms with Gasteiger partial charge in [-0.1, -0.05) is 19.1 Å². The van der Waals surface area contributed by atoms with Crippen LogP contribution in [-0.4, -0.2) is 33.3 Å². The second kappa shape index (κ2) is 5.06. The molecule has 94 valence electrons. The van der Waals surface area contributed by atoms with Crippen molar-refractivity contribution >= 4 is 15.5 Å². The smallest absolute Gasteiger partial charge is 0.180 e. The minimum Gasteiger partial charge on any atom is -0.379 e. The Morgan fingerprint density at radius 3 is 2.65 bits per heavy atom. The van der Waals surface area contributed by atoms with E-state index in [0.29, 0.717) is 17.4 Å². The average molecular weight is 254 g/mol. The quantitative estimate of drug-likeness (QED) is 0.830. The number of rotatable bonds is 5. The molecule has 1 heterocycles. The van der Waals surface area contributed by atoms with Crippen molar-refractivity contribution in [2.45, 2.75) is 24.3 Å². The molecule has 1 aliphatic heterocycles. The first-order valence-electron chi connectivity index (χ1n) is 5.92. The van der Waals surface area contributed by atoms with Crippen LogP contribution in [0.5, 0.6) is 0 Å². The van der Waals surface area contributed by atoms with Crippen LogP contribution < -0.4 is 10.6 Å². The minimum absolute atomic E-state index is 0.203. The van der Waals surface area contributed by atoms with Gasteiger partial charge in [-0.25, -0.2) is 8.42 Å². The minimum atomic E-state index is -3.15. The Labute approximate surface area is 102 Å². The van der Waals surface area contributed by atoms with Crippen LogP contribution in [0.25, 0.3) is 0 Å². The lowest BCUT2D eigenvalue weighted by Gasteiger charge is -2.29. The molecule has 1 aliphatic rings. The van der Waals surface area contributed by atoms with Gasteiger partial charge in [-0.2, -0.15) is 0 Å². The molecule has 1 saturated heterocycles. The molecule has 0 spiro atoms. The van der Waals surface area contributed by atoms with Crippen LogP contribution in [0, 0.1) is 0 Å². The number of nitrogens with one attached hydrogen (secondary N) is 2. The molecule has 0 unspecified atom stereocenters. The van der Waals surface area contributed by atoms with E-state index in [1.165, 1.54) is 0 Å². The molecule has 0 aliphatic carbocycles. The zero-order valence-electron chi connectivity index (χ0n) is 9.94. The molecule has 2 rings (SSSR count). The SMILES string of the molecule is CCCS(=O)(=O)c1ccccc1NC1CNC1. The van der Waals surface area contributed by atoms with Crippen LogP contribution in [0.2, 0.25) is 0 Å². The Balaban J connectivity index is 2.26. The zero-order valence-corrected chi connectivity index (χ0v) is 10.8. The zero-order chi connectivity index (χ0) is 12.3. The summed E-state index contributed by atoms with van der Waals surface area (Å²) in [7, 11) is -3.15. The standard InChI is InChI=1S/C12H18N2O2S/c1-2-7-17(15,16)12-6-4-3-5-11(12)14-10-8-13-9-10/h3-6,10,13-14H,2,7-9H2,1H3. The molecule has 1 aromatic carbocycles. The molecule has 0 amide bonds. The van der Waals surface area contributed by atoms with E-state index >= 15 is 0 Å². The van der Waals surface area contributed by atoms with E-state index in [2.05, 4.69) is 10.6 Å². The van der Waals surface area contributed by atoms with Crippen molar-refractivity contribution in [2.24, 2.45) is 0 Å². The third-order valence-electron chi connectivity index (χ3n) is 2.84. The number of hydrogen-bond donors (Lipinski definition) is 2. The highest BCUT2D eigenvalue weighted by Crippen LogP contribution is 2.23. The summed E-state index contributed by atoms with van der Waals surface area (Å²) in [5, 5.41) is 6.42. The normalized spacial score (nSPS) is 16.5. The Morgan fingerprint density at radius 1 is 1.35 bits per heavy atom. The van der Waals surface area contributed by atoms with Crippen molar-refractivity contribution in [3.63, 3.8) is 0 Å². The maximum absolute atomic E-state index is 12.1. The molecule has 0 saturated carbocycles. The predicted octanol–water partition coefficient (Wildman–Crippen LogP) is 1.25. The lowest BCUT2D eigenvalue weighted by molar-refractivity contribution is 0.471. The van der Waals surface area contributed by atoms with E-state index in [4.69, 9.17) is 0 Å². The fraction of sp³-hybridized carbons (Fsp3) is 0.500. The molecule has 0 radical (unpaired) electrons. The Bertz CT molecular complexity index is 481. The van der Waals surface area contributed by atoms with Gasteiger partial charge in [0.1, 0.15) is 0 Å². The van der Waals surface area contributed by atoms with Gasteiger partial charge in [0.25, 0.3) is 0 Å². The Morgan fingerprint density at radius 2 is 2.06 bits per heavy atom. The molecular formula is C12H18N2O2S. The Kier molecular flexibility index (Phi) is 3.69. The Hall–Kier alpha value is -1.07. The topological polar surface area (TPSA) is 58.2 Å². The van der Waals surface area contributed by atoms with E-state index in [1.807, 2.05) is 19.1 Å². The van der Waals surface area contributed by atoms with Crippen LogP contribution in [0.1, 0.15) is 13.3 Å². The first kappa shape index (κ1) is 12.4. The summed E-state index contributed by atoms with van der Waals surface area (Å²) in [4.78, 5) is 0.425. The van der Waals surface area contributed by atoms with Gasteiger partial charge in [0.05, 0.1) is 22.4 Å². The number of anilines is 1. The third kappa shape index (κ3) is 2.79. The van der Waals surface area contributed by atoms with Crippen molar-refractivity contribution in [3.05, 3.63) is 24.3 Å². The van der Waals surface area contributed by atoms with Gasteiger partial charge in [0, 0.05) is 13.1 Å². The number of hydrogen-bond acceptors (Lipinski definition) is 4. The van der Waals surface area contributed by atoms with Gasteiger partial charge in [0.2, 0.25) is 0 Å². The molecule has 4 nitrogen and oxygen atoms in total. The molecule has 0 aromatic heterocycles. The number of para-hydroxylation sites is 1. The van der Waals surface area contributed by atoms with Crippen molar-refractivity contribution in [1.82, 2.24) is 5.32 Å². The summed E-state index contributed by atoms with van der Waals surface area (Å²) in [6.07, 6.45) is 0.641. The van der Waals surface area contributed by atoms with E-state index in [9.17, 15) is 8.42 Å². The van der Waals surface area contributed by atoms with Crippen LogP contribution in [0.15, 0.2) is 29.2 Å². The van der Waals surface area contributed by atoms with Crippen molar-refractivity contribution in [2.75, 3.05) is 24.2 Å². The summed E-state index contributed by atoms with van der Waals surface area (Å²) in [5.41, 5.74) is 0.729. The lowest BCUT2D eigenvalue weighted by Crippen LogP contribution is -2.51. The first-order valence-corrected chi connectivity index (χ1v) is 7.58. The number of sulfone groups is 1. The van der Waals surface area contributed by atoms with Gasteiger partial charge in [0.15, 0.2) is 9.84 Å². The average Bonchev–Trinajstić information content (AvgIpc) is 2.24. The number of benzene rings is 1. The molecule has 0 bridgehead atoms. The van der Waals surface area contributed by atoms with E-state index in [-0.39, 0.29) is 5.75 Å². The van der Waals surface area contributed by atoms with Gasteiger partial charge in [-0.05, 0) is 18.6 Å². The molecule has 17 heavy (non-hydrogen) atoms. The van der Waals surface area contributed by atoms with Crippen molar-refractivity contribution in [3.8, 4) is 0 Å². The molecule has 0 atom stereocenters. The summed E-state index contributed by atoms with van der Waals surface area (Å²) in [6.45, 7) is 3.66. The van der Waals surface area contributed by atoms with Gasteiger partial charge < -0.3 is 10.6 Å². The maximum Gasteiger partial charge on any atom is 0.180 e. The monoisotopic (exact) mass is 254 g/mol. The molecule has 1 aromatic rings. The van der Waals surface area contributed by atoms with Gasteiger partial charge >= 0.3 is 0 Å². The van der Waals surface area contributed by atoms with Crippen LogP contribution in [0.4, 0.5) is 5.69 Å². The molecule has 5 heteroatoms. The second-order valence-electron chi connectivity index (χ2n) is 4.31. The second-order valence-corrected chi connectivity index (χ2v) is 6.39. The maximum atomic E-state index is 12.1. The first-order chi connectivity index (χ1) is 8.13. The fourth-order valence-corrected chi connectivity index (χ4v) is 3.35. The van der Waals surface area contributed by atoms with Crippen molar-refractivity contribution in [1.29, 1.82) is 0 Å². The third-order valence-corrected chi connectivity index (χ3v) is 4.81. The highest BCUT2D eigenvalue weighted by Gasteiger charge is 2.21. The predicted molar refractivity (Wildman–Crippen MR) is 69.1 cm³/mol. The highest BCUT2D eigenvalue weighted by atomic mass is 32.2. The summed E-state index contributed by atoms with van der Waals surface area (Å²) in [6, 6.07) is 7.49. The summed E-state index contributed by atoms with van der Waals surface area (Å²) >= 11 is 0. The van der Waals surface area contributed by atoms with Crippen LogP contribution in [0.3, 0.4) is 0 Å². The molecular weight excluding hydrogens is 236 g/mol. The van der Waals surface area contributed by atoms with E-state index < -0.39 is 9.84 Å². The fourth-order valence-electron chi connectivity index (χ4n) is 1.85. The molecule has 2 N–H and O–H groups in total. The van der Waals surface area contributed by atoms with Crippen LogP contribution in [-0.2, 0) is 9.84 Å².